The molecule has 1 aliphatic heterocycles. The molecule has 130 valence electrons. The van der Waals surface area contributed by atoms with E-state index in [2.05, 4.69) is 10.3 Å². The first-order valence-electron chi connectivity index (χ1n) is 8.16. The number of piperazine rings is 1. The predicted molar refractivity (Wildman–Crippen MR) is 101 cm³/mol. The summed E-state index contributed by atoms with van der Waals surface area (Å²) >= 11 is 3.06. The van der Waals surface area contributed by atoms with Gasteiger partial charge in [0.1, 0.15) is 11.4 Å². The van der Waals surface area contributed by atoms with Gasteiger partial charge in [-0.1, -0.05) is 6.07 Å². The van der Waals surface area contributed by atoms with Crippen molar-refractivity contribution in [2.24, 2.45) is 0 Å². The van der Waals surface area contributed by atoms with Gasteiger partial charge in [0.2, 0.25) is 5.91 Å². The van der Waals surface area contributed by atoms with E-state index in [4.69, 9.17) is 0 Å². The smallest absolute Gasteiger partial charge is 0.263 e. The van der Waals surface area contributed by atoms with E-state index in [1.165, 1.54) is 22.2 Å². The Morgan fingerprint density at radius 3 is 3.08 bits per heavy atom. The molecule has 25 heavy (non-hydrogen) atoms. The maximum atomic E-state index is 13.0. The topological polar surface area (TPSA) is 67.2 Å². The molecule has 0 bridgehead atoms. The summed E-state index contributed by atoms with van der Waals surface area (Å²) in [6.45, 7) is 4.29. The van der Waals surface area contributed by atoms with Gasteiger partial charge in [0.05, 0.1) is 11.7 Å². The molecular formula is C17H18N4O2S2. The van der Waals surface area contributed by atoms with Crippen molar-refractivity contribution in [1.29, 1.82) is 0 Å². The van der Waals surface area contributed by atoms with Gasteiger partial charge in [0.25, 0.3) is 5.56 Å². The number of rotatable bonds is 3. The van der Waals surface area contributed by atoms with E-state index in [9.17, 15) is 9.59 Å². The Hall–Kier alpha value is -2.03. The van der Waals surface area contributed by atoms with Gasteiger partial charge in [-0.15, -0.1) is 22.7 Å². The molecule has 8 heteroatoms. The zero-order chi connectivity index (χ0) is 17.4. The Balaban J connectivity index is 1.69. The molecule has 1 saturated heterocycles. The lowest BCUT2D eigenvalue weighted by Gasteiger charge is -2.34. The van der Waals surface area contributed by atoms with Crippen LogP contribution in [0.2, 0.25) is 0 Å². The molecule has 1 amide bonds. The maximum absolute atomic E-state index is 13.0. The molecule has 6 nitrogen and oxygen atoms in total. The van der Waals surface area contributed by atoms with Crippen molar-refractivity contribution in [2.45, 2.75) is 19.5 Å². The van der Waals surface area contributed by atoms with Crippen molar-refractivity contribution in [3.8, 4) is 10.4 Å². The van der Waals surface area contributed by atoms with Crippen LogP contribution >= 0.6 is 22.7 Å². The lowest BCUT2D eigenvalue weighted by atomic mass is 10.2. The second kappa shape index (κ2) is 6.70. The summed E-state index contributed by atoms with van der Waals surface area (Å²) in [6.07, 6.45) is 1.49. The number of carbonyl (C=O) groups excluding carboxylic acids is 1. The lowest BCUT2D eigenvalue weighted by molar-refractivity contribution is -0.134. The van der Waals surface area contributed by atoms with Crippen molar-refractivity contribution < 1.29 is 4.79 Å². The molecule has 1 N–H and O–H groups in total. The maximum Gasteiger partial charge on any atom is 0.263 e. The highest BCUT2D eigenvalue weighted by atomic mass is 32.1. The number of aromatic nitrogens is 2. The van der Waals surface area contributed by atoms with E-state index in [1.54, 1.807) is 11.3 Å². The Kier molecular flexibility index (Phi) is 4.41. The number of fused-ring (bicyclic) bond motifs is 1. The molecule has 3 aromatic rings. The van der Waals surface area contributed by atoms with Gasteiger partial charge in [-0.3, -0.25) is 14.2 Å². The van der Waals surface area contributed by atoms with Gasteiger partial charge in [0.15, 0.2) is 0 Å². The molecule has 1 atom stereocenters. The number of carbonyl (C=O) groups is 1. The Bertz CT molecular complexity index is 961. The minimum Gasteiger partial charge on any atom is -0.336 e. The molecule has 0 aliphatic carbocycles. The Labute approximate surface area is 152 Å². The highest BCUT2D eigenvalue weighted by molar-refractivity contribution is 7.18. The predicted octanol–water partition coefficient (Wildman–Crippen LogP) is 2.01. The van der Waals surface area contributed by atoms with E-state index in [-0.39, 0.29) is 24.1 Å². The standard InChI is InChI=1S/C17H18N4O2S2/c1-11-7-18-4-5-21(11)14(22)8-20-10-19-16-15(17(20)23)12(9-25-16)13-3-2-6-24-13/h2-3,6,9-11,18H,4-5,7-8H2,1H3. The molecule has 3 aromatic heterocycles. The highest BCUT2D eigenvalue weighted by Gasteiger charge is 2.24. The summed E-state index contributed by atoms with van der Waals surface area (Å²) in [4.78, 5) is 33.6. The number of hydrogen-bond acceptors (Lipinski definition) is 6. The summed E-state index contributed by atoms with van der Waals surface area (Å²) < 4.78 is 1.43. The molecule has 0 saturated carbocycles. The third-order valence-corrected chi connectivity index (χ3v) is 6.26. The highest BCUT2D eigenvalue weighted by Crippen LogP contribution is 2.33. The van der Waals surface area contributed by atoms with Crippen molar-refractivity contribution in [3.63, 3.8) is 0 Å². The fourth-order valence-electron chi connectivity index (χ4n) is 3.14. The largest absolute Gasteiger partial charge is 0.336 e. The molecule has 1 aliphatic rings. The molecule has 4 rings (SSSR count). The van der Waals surface area contributed by atoms with Gasteiger partial charge in [-0.05, 0) is 18.4 Å². The quantitative estimate of drug-likeness (QED) is 0.762. The van der Waals surface area contributed by atoms with Crippen molar-refractivity contribution >= 4 is 38.8 Å². The normalized spacial score (nSPS) is 18.0. The fourth-order valence-corrected chi connectivity index (χ4v) is 4.86. The minimum absolute atomic E-state index is 0.0336. The third kappa shape index (κ3) is 3.01. The summed E-state index contributed by atoms with van der Waals surface area (Å²) in [5.41, 5.74) is 0.760. The van der Waals surface area contributed by atoms with Crippen LogP contribution in [0, 0.1) is 0 Å². The number of nitrogens with zero attached hydrogens (tertiary/aromatic N) is 3. The summed E-state index contributed by atoms with van der Waals surface area (Å²) in [5, 5.41) is 7.83. The first kappa shape index (κ1) is 16.4. The van der Waals surface area contributed by atoms with E-state index in [0.717, 1.165) is 23.5 Å². The molecule has 1 fully saturated rings. The zero-order valence-electron chi connectivity index (χ0n) is 13.8. The third-order valence-electron chi connectivity index (χ3n) is 4.47. The average molecular weight is 374 g/mol. The monoisotopic (exact) mass is 374 g/mol. The van der Waals surface area contributed by atoms with Crippen molar-refractivity contribution in [3.05, 3.63) is 39.6 Å². The van der Waals surface area contributed by atoms with E-state index in [1.807, 2.05) is 34.7 Å². The van der Waals surface area contributed by atoms with Crippen LogP contribution in [0.3, 0.4) is 0 Å². The zero-order valence-corrected chi connectivity index (χ0v) is 15.4. The second-order valence-corrected chi connectivity index (χ2v) is 7.93. The molecule has 0 radical (unpaired) electrons. The molecule has 1 unspecified atom stereocenters. The first-order chi connectivity index (χ1) is 12.1. The SMILES string of the molecule is CC1CNCCN1C(=O)Cn1cnc2scc(-c3cccs3)c2c1=O. The number of amides is 1. The van der Waals surface area contributed by atoms with E-state index < -0.39 is 0 Å². The van der Waals surface area contributed by atoms with Crippen LogP contribution in [0.4, 0.5) is 0 Å². The minimum atomic E-state index is -0.147. The molecule has 0 aromatic carbocycles. The van der Waals surface area contributed by atoms with Crippen molar-refractivity contribution in [2.75, 3.05) is 19.6 Å². The first-order valence-corrected chi connectivity index (χ1v) is 9.92. The van der Waals surface area contributed by atoms with Crippen LogP contribution < -0.4 is 10.9 Å². The van der Waals surface area contributed by atoms with Crippen LogP contribution in [-0.2, 0) is 11.3 Å². The van der Waals surface area contributed by atoms with E-state index >= 15 is 0 Å². The van der Waals surface area contributed by atoms with Gasteiger partial charge in [0, 0.05) is 41.5 Å². The van der Waals surface area contributed by atoms with Crippen LogP contribution in [0.1, 0.15) is 6.92 Å². The van der Waals surface area contributed by atoms with Crippen LogP contribution in [0.25, 0.3) is 20.7 Å². The number of hydrogen-bond donors (Lipinski definition) is 1. The summed E-state index contributed by atoms with van der Waals surface area (Å²) in [7, 11) is 0. The molecule has 4 heterocycles. The molecular weight excluding hydrogens is 356 g/mol. The van der Waals surface area contributed by atoms with Crippen LogP contribution in [-0.4, -0.2) is 46.0 Å². The van der Waals surface area contributed by atoms with Gasteiger partial charge >= 0.3 is 0 Å². The number of nitrogens with one attached hydrogen (secondary N) is 1. The van der Waals surface area contributed by atoms with Gasteiger partial charge < -0.3 is 10.2 Å². The molecule has 0 spiro atoms. The number of thiophene rings is 2. The van der Waals surface area contributed by atoms with E-state index in [0.29, 0.717) is 16.8 Å². The summed E-state index contributed by atoms with van der Waals surface area (Å²) in [6, 6.07) is 4.10. The van der Waals surface area contributed by atoms with Gasteiger partial charge in [-0.2, -0.15) is 0 Å². The van der Waals surface area contributed by atoms with Gasteiger partial charge in [-0.25, -0.2) is 4.98 Å². The Morgan fingerprint density at radius 2 is 2.32 bits per heavy atom. The average Bonchev–Trinajstić information content (AvgIpc) is 3.27. The fraction of sp³-hybridized carbons (Fsp3) is 0.353. The van der Waals surface area contributed by atoms with Crippen LogP contribution in [0.5, 0.6) is 0 Å². The van der Waals surface area contributed by atoms with Crippen LogP contribution in [0.15, 0.2) is 34.0 Å². The summed E-state index contributed by atoms with van der Waals surface area (Å²) in [5.74, 6) is -0.0369. The lowest BCUT2D eigenvalue weighted by Crippen LogP contribution is -2.53. The Morgan fingerprint density at radius 1 is 1.44 bits per heavy atom. The second-order valence-electron chi connectivity index (χ2n) is 6.12. The van der Waals surface area contributed by atoms with Crippen molar-refractivity contribution in [1.82, 2.24) is 19.8 Å².